The van der Waals surface area contributed by atoms with Gasteiger partial charge in [0, 0.05) is 16.6 Å². The predicted octanol–water partition coefficient (Wildman–Crippen LogP) is 1.32. The van der Waals surface area contributed by atoms with Gasteiger partial charge in [-0.3, -0.25) is 14.4 Å². The van der Waals surface area contributed by atoms with E-state index < -0.39 is 0 Å². The molecule has 0 spiro atoms. The summed E-state index contributed by atoms with van der Waals surface area (Å²) in [6.45, 7) is 2.30. The molecule has 0 saturated carbocycles. The van der Waals surface area contributed by atoms with E-state index >= 15 is 0 Å². The highest BCUT2D eigenvalue weighted by Gasteiger charge is 2.30. The third-order valence-electron chi connectivity index (χ3n) is 3.25. The van der Waals surface area contributed by atoms with Crippen LogP contribution in [-0.4, -0.2) is 53.6 Å². The molecule has 2 amide bonds. The standard InChI is InChI=1S/C14H15BrN2O3/c1-2-16-8-14(20)17(9-13(16)19)7-12(18)10-5-3-4-6-11(10)15/h3-6H,2,7-9H2,1H3. The van der Waals surface area contributed by atoms with Crippen LogP contribution in [0.1, 0.15) is 17.3 Å². The van der Waals surface area contributed by atoms with Crippen LogP contribution in [0.15, 0.2) is 28.7 Å². The summed E-state index contributed by atoms with van der Waals surface area (Å²) < 4.78 is 0.691. The van der Waals surface area contributed by atoms with E-state index in [0.29, 0.717) is 16.6 Å². The van der Waals surface area contributed by atoms with Gasteiger partial charge in [0.1, 0.15) is 6.54 Å². The molecule has 20 heavy (non-hydrogen) atoms. The Morgan fingerprint density at radius 1 is 1.15 bits per heavy atom. The van der Waals surface area contributed by atoms with Crippen LogP contribution >= 0.6 is 15.9 Å². The zero-order valence-electron chi connectivity index (χ0n) is 11.1. The largest absolute Gasteiger partial charge is 0.332 e. The van der Waals surface area contributed by atoms with Crippen LogP contribution in [-0.2, 0) is 9.59 Å². The molecule has 1 aliphatic heterocycles. The second-order valence-corrected chi connectivity index (χ2v) is 5.42. The molecule has 2 rings (SSSR count). The van der Waals surface area contributed by atoms with E-state index in [0.717, 1.165) is 0 Å². The Kier molecular flexibility index (Phi) is 4.54. The van der Waals surface area contributed by atoms with Crippen molar-refractivity contribution in [2.75, 3.05) is 26.2 Å². The number of carbonyl (C=O) groups is 3. The maximum atomic E-state index is 12.2. The van der Waals surface area contributed by atoms with Crippen LogP contribution < -0.4 is 0 Å². The van der Waals surface area contributed by atoms with Gasteiger partial charge >= 0.3 is 0 Å². The molecule has 6 heteroatoms. The Morgan fingerprint density at radius 2 is 1.75 bits per heavy atom. The monoisotopic (exact) mass is 338 g/mol. The Morgan fingerprint density at radius 3 is 2.40 bits per heavy atom. The molecule has 1 aromatic rings. The van der Waals surface area contributed by atoms with Gasteiger partial charge in [-0.1, -0.05) is 34.1 Å². The van der Waals surface area contributed by atoms with E-state index in [1.807, 2.05) is 13.0 Å². The highest BCUT2D eigenvalue weighted by atomic mass is 79.9. The summed E-state index contributed by atoms with van der Waals surface area (Å²) in [5, 5.41) is 0. The number of Topliss-reactive ketones (excluding diaryl/α,β-unsaturated/α-hetero) is 1. The minimum absolute atomic E-state index is 0.0249. The van der Waals surface area contributed by atoms with Crippen LogP contribution in [0.2, 0.25) is 0 Å². The van der Waals surface area contributed by atoms with E-state index in [1.54, 1.807) is 18.2 Å². The van der Waals surface area contributed by atoms with Gasteiger partial charge in [0.15, 0.2) is 5.78 Å². The zero-order valence-corrected chi connectivity index (χ0v) is 12.7. The number of amides is 2. The van der Waals surface area contributed by atoms with E-state index in [1.165, 1.54) is 9.80 Å². The summed E-state index contributed by atoms with van der Waals surface area (Å²) in [5.74, 6) is -0.484. The Balaban J connectivity index is 2.07. The van der Waals surface area contributed by atoms with E-state index in [4.69, 9.17) is 0 Å². The summed E-state index contributed by atoms with van der Waals surface area (Å²) in [6, 6.07) is 7.05. The molecule has 0 aliphatic carbocycles. The molecule has 106 valence electrons. The lowest BCUT2D eigenvalue weighted by molar-refractivity contribution is -0.149. The summed E-state index contributed by atoms with van der Waals surface area (Å²) in [7, 11) is 0. The quantitative estimate of drug-likeness (QED) is 0.778. The van der Waals surface area contributed by atoms with Gasteiger partial charge in [0.05, 0.1) is 13.1 Å². The molecular weight excluding hydrogens is 324 g/mol. The van der Waals surface area contributed by atoms with E-state index in [2.05, 4.69) is 15.9 Å². The highest BCUT2D eigenvalue weighted by Crippen LogP contribution is 2.17. The fourth-order valence-electron chi connectivity index (χ4n) is 2.08. The lowest BCUT2D eigenvalue weighted by Gasteiger charge is -2.32. The maximum absolute atomic E-state index is 12.2. The summed E-state index contributed by atoms with van der Waals surface area (Å²) in [4.78, 5) is 38.7. The number of likely N-dealkylation sites (N-methyl/N-ethyl adjacent to an activating group) is 1. The van der Waals surface area contributed by atoms with Crippen molar-refractivity contribution >= 4 is 33.5 Å². The molecule has 0 radical (unpaired) electrons. The van der Waals surface area contributed by atoms with Crippen molar-refractivity contribution in [3.8, 4) is 0 Å². The number of piperazine rings is 1. The third-order valence-corrected chi connectivity index (χ3v) is 3.94. The fraction of sp³-hybridized carbons (Fsp3) is 0.357. The van der Waals surface area contributed by atoms with Crippen molar-refractivity contribution in [1.29, 1.82) is 0 Å². The first-order valence-corrected chi connectivity index (χ1v) is 7.15. The van der Waals surface area contributed by atoms with Crippen molar-refractivity contribution in [2.45, 2.75) is 6.92 Å². The number of ketones is 1. The number of hydrogen-bond acceptors (Lipinski definition) is 3. The number of halogens is 1. The molecule has 0 N–H and O–H groups in total. The maximum Gasteiger partial charge on any atom is 0.243 e. The minimum Gasteiger partial charge on any atom is -0.332 e. The molecule has 1 heterocycles. The molecule has 0 unspecified atom stereocenters. The molecule has 0 atom stereocenters. The van der Waals surface area contributed by atoms with Crippen molar-refractivity contribution in [1.82, 2.24) is 9.80 Å². The smallest absolute Gasteiger partial charge is 0.243 e. The Hall–Kier alpha value is -1.69. The van der Waals surface area contributed by atoms with Crippen LogP contribution in [0.3, 0.4) is 0 Å². The first-order chi connectivity index (χ1) is 9.52. The van der Waals surface area contributed by atoms with Gasteiger partial charge in [0.25, 0.3) is 0 Å². The van der Waals surface area contributed by atoms with E-state index in [-0.39, 0.29) is 37.2 Å². The highest BCUT2D eigenvalue weighted by molar-refractivity contribution is 9.10. The average Bonchev–Trinajstić information content (AvgIpc) is 2.42. The summed E-state index contributed by atoms with van der Waals surface area (Å²) in [5.41, 5.74) is 0.519. The second-order valence-electron chi connectivity index (χ2n) is 4.56. The lowest BCUT2D eigenvalue weighted by Crippen LogP contribution is -2.54. The zero-order chi connectivity index (χ0) is 14.7. The lowest BCUT2D eigenvalue weighted by atomic mass is 10.1. The van der Waals surface area contributed by atoms with Gasteiger partial charge in [-0.25, -0.2) is 0 Å². The van der Waals surface area contributed by atoms with E-state index in [9.17, 15) is 14.4 Å². The predicted molar refractivity (Wildman–Crippen MR) is 77.3 cm³/mol. The van der Waals surface area contributed by atoms with Crippen LogP contribution in [0, 0.1) is 0 Å². The topological polar surface area (TPSA) is 57.7 Å². The second kappa shape index (κ2) is 6.17. The van der Waals surface area contributed by atoms with Crippen LogP contribution in [0.25, 0.3) is 0 Å². The van der Waals surface area contributed by atoms with Gasteiger partial charge in [-0.2, -0.15) is 0 Å². The van der Waals surface area contributed by atoms with Gasteiger partial charge in [-0.15, -0.1) is 0 Å². The van der Waals surface area contributed by atoms with Crippen LogP contribution in [0.4, 0.5) is 0 Å². The number of rotatable bonds is 4. The molecule has 0 aromatic heterocycles. The first-order valence-electron chi connectivity index (χ1n) is 6.36. The van der Waals surface area contributed by atoms with Gasteiger partial charge in [-0.05, 0) is 13.0 Å². The minimum atomic E-state index is -0.188. The van der Waals surface area contributed by atoms with Crippen molar-refractivity contribution in [2.24, 2.45) is 0 Å². The molecule has 1 aromatic carbocycles. The van der Waals surface area contributed by atoms with Crippen LogP contribution in [0.5, 0.6) is 0 Å². The third kappa shape index (κ3) is 3.07. The van der Waals surface area contributed by atoms with Crippen molar-refractivity contribution in [3.05, 3.63) is 34.3 Å². The SMILES string of the molecule is CCN1CC(=O)N(CC(=O)c2ccccc2Br)CC1=O. The number of carbonyl (C=O) groups excluding carboxylic acids is 3. The molecular formula is C14H15BrN2O3. The normalized spacial score (nSPS) is 15.7. The Bertz CT molecular complexity index is 559. The summed E-state index contributed by atoms with van der Waals surface area (Å²) >= 11 is 3.31. The molecule has 1 fully saturated rings. The average molecular weight is 339 g/mol. The van der Waals surface area contributed by atoms with Gasteiger partial charge in [0.2, 0.25) is 11.8 Å². The van der Waals surface area contributed by atoms with Crippen molar-refractivity contribution in [3.63, 3.8) is 0 Å². The summed E-state index contributed by atoms with van der Waals surface area (Å²) in [6.07, 6.45) is 0. The van der Waals surface area contributed by atoms with Gasteiger partial charge < -0.3 is 9.80 Å². The number of hydrogen-bond donors (Lipinski definition) is 0. The molecule has 5 nitrogen and oxygen atoms in total. The number of benzene rings is 1. The fourth-order valence-corrected chi connectivity index (χ4v) is 2.59. The molecule has 1 aliphatic rings. The number of nitrogens with zero attached hydrogens (tertiary/aromatic N) is 2. The van der Waals surface area contributed by atoms with Crippen molar-refractivity contribution < 1.29 is 14.4 Å². The Labute approximate surface area is 125 Å². The first kappa shape index (κ1) is 14.7. The molecule has 1 saturated heterocycles. The molecule has 0 bridgehead atoms.